The van der Waals surface area contributed by atoms with Crippen LogP contribution < -0.4 is 0 Å². The third kappa shape index (κ3) is 2.59. The van der Waals surface area contributed by atoms with E-state index in [4.69, 9.17) is 23.2 Å². The van der Waals surface area contributed by atoms with E-state index in [0.29, 0.717) is 11.1 Å². The van der Waals surface area contributed by atoms with Crippen LogP contribution in [-0.4, -0.2) is 0 Å². The highest BCUT2D eigenvalue weighted by molar-refractivity contribution is 6.31. The van der Waals surface area contributed by atoms with Gasteiger partial charge in [-0.2, -0.15) is 0 Å². The van der Waals surface area contributed by atoms with Crippen molar-refractivity contribution < 1.29 is 8.78 Å². The van der Waals surface area contributed by atoms with Gasteiger partial charge in [-0.15, -0.1) is 0 Å². The molecular weight excluding hydrogens is 265 g/mol. The molecule has 4 heteroatoms. The zero-order chi connectivity index (χ0) is 12.4. The van der Waals surface area contributed by atoms with Gasteiger partial charge in [-0.1, -0.05) is 47.5 Å². The molecule has 0 saturated heterocycles. The molecule has 0 spiro atoms. The lowest BCUT2D eigenvalue weighted by molar-refractivity contribution is 0.599. The summed E-state index contributed by atoms with van der Waals surface area (Å²) in [5, 5.41) is 0.0647. The van der Waals surface area contributed by atoms with E-state index in [1.54, 1.807) is 24.3 Å². The summed E-state index contributed by atoms with van der Waals surface area (Å²) in [7, 11) is 0. The summed E-state index contributed by atoms with van der Waals surface area (Å²) >= 11 is 11.3. The van der Waals surface area contributed by atoms with Crippen LogP contribution in [0.25, 0.3) is 0 Å². The molecule has 2 aromatic rings. The van der Waals surface area contributed by atoms with Gasteiger partial charge < -0.3 is 0 Å². The quantitative estimate of drug-likeness (QED) is 0.732. The number of hydrogen-bond donors (Lipinski definition) is 0. The highest BCUT2D eigenvalue weighted by atomic mass is 35.5. The maximum atomic E-state index is 13.6. The van der Waals surface area contributed by atoms with Crippen LogP contribution in [0.1, 0.15) is 11.1 Å². The Morgan fingerprint density at radius 2 is 1.18 bits per heavy atom. The van der Waals surface area contributed by atoms with Crippen LogP contribution in [0.4, 0.5) is 8.78 Å². The summed E-state index contributed by atoms with van der Waals surface area (Å²) in [5.74, 6) is -1.04. The molecule has 0 nitrogen and oxygen atoms in total. The summed E-state index contributed by atoms with van der Waals surface area (Å²) in [4.78, 5) is 0. The molecule has 88 valence electrons. The van der Waals surface area contributed by atoms with Crippen LogP contribution in [0, 0.1) is 11.6 Å². The van der Waals surface area contributed by atoms with Gasteiger partial charge in [-0.25, -0.2) is 8.78 Å². The number of hydrogen-bond acceptors (Lipinski definition) is 0. The van der Waals surface area contributed by atoms with Gasteiger partial charge in [0.1, 0.15) is 11.6 Å². The Labute approximate surface area is 108 Å². The second kappa shape index (κ2) is 5.03. The normalized spacial score (nSPS) is 10.6. The smallest absolute Gasteiger partial charge is 0.145 e. The maximum Gasteiger partial charge on any atom is 0.145 e. The maximum absolute atomic E-state index is 13.6. The highest BCUT2D eigenvalue weighted by Gasteiger charge is 2.11. The summed E-state index contributed by atoms with van der Waals surface area (Å²) in [6.07, 6.45) is 0.124. The second-order valence-electron chi connectivity index (χ2n) is 3.60. The molecule has 0 aromatic heterocycles. The predicted octanol–water partition coefficient (Wildman–Crippen LogP) is 4.86. The molecule has 0 aliphatic rings. The third-order valence-corrected chi connectivity index (χ3v) is 3.03. The SMILES string of the molecule is Fc1c(Cl)cccc1Cc1cccc(Cl)c1F. The van der Waals surface area contributed by atoms with E-state index in [0.717, 1.165) is 0 Å². The summed E-state index contributed by atoms with van der Waals surface area (Å²) in [6, 6.07) is 9.30. The Morgan fingerprint density at radius 3 is 1.59 bits per heavy atom. The van der Waals surface area contributed by atoms with Crippen molar-refractivity contribution in [2.75, 3.05) is 0 Å². The standard InChI is InChI=1S/C13H8Cl2F2/c14-10-5-1-3-8(12(10)16)7-9-4-2-6-11(15)13(9)17/h1-6H,7H2. The summed E-state index contributed by atoms with van der Waals surface area (Å²) in [6.45, 7) is 0. The fourth-order valence-electron chi connectivity index (χ4n) is 1.58. The summed E-state index contributed by atoms with van der Waals surface area (Å²) in [5.41, 5.74) is 0.692. The molecular formula is C13H8Cl2F2. The molecule has 0 bridgehead atoms. The van der Waals surface area contributed by atoms with E-state index in [2.05, 4.69) is 0 Å². The third-order valence-electron chi connectivity index (χ3n) is 2.44. The lowest BCUT2D eigenvalue weighted by Crippen LogP contribution is -1.96. The Hall–Kier alpha value is -1.12. The first-order valence-corrected chi connectivity index (χ1v) is 5.71. The van der Waals surface area contributed by atoms with Crippen molar-refractivity contribution in [1.29, 1.82) is 0 Å². The van der Waals surface area contributed by atoms with Gasteiger partial charge in [-0.05, 0) is 23.3 Å². The van der Waals surface area contributed by atoms with Crippen molar-refractivity contribution in [3.8, 4) is 0 Å². The first kappa shape index (κ1) is 12.3. The van der Waals surface area contributed by atoms with Gasteiger partial charge >= 0.3 is 0 Å². The van der Waals surface area contributed by atoms with Crippen LogP contribution in [0.5, 0.6) is 0 Å². The zero-order valence-electron chi connectivity index (χ0n) is 8.68. The molecule has 0 amide bonds. The van der Waals surface area contributed by atoms with Gasteiger partial charge in [-0.3, -0.25) is 0 Å². The molecule has 2 aromatic carbocycles. The first-order chi connectivity index (χ1) is 8.09. The Bertz CT molecular complexity index is 504. The van der Waals surface area contributed by atoms with Crippen LogP contribution in [0.2, 0.25) is 10.0 Å². The average Bonchev–Trinajstić information content (AvgIpc) is 2.31. The van der Waals surface area contributed by atoms with Gasteiger partial charge in [0.15, 0.2) is 0 Å². The van der Waals surface area contributed by atoms with Crippen molar-refractivity contribution >= 4 is 23.2 Å². The van der Waals surface area contributed by atoms with E-state index in [-0.39, 0.29) is 16.5 Å². The van der Waals surface area contributed by atoms with E-state index >= 15 is 0 Å². The number of benzene rings is 2. The van der Waals surface area contributed by atoms with E-state index in [1.807, 2.05) is 0 Å². The van der Waals surface area contributed by atoms with Crippen molar-refractivity contribution in [3.63, 3.8) is 0 Å². The Morgan fingerprint density at radius 1 is 0.765 bits per heavy atom. The fourth-order valence-corrected chi connectivity index (χ4v) is 1.96. The highest BCUT2D eigenvalue weighted by Crippen LogP contribution is 2.24. The lowest BCUT2D eigenvalue weighted by Gasteiger charge is -2.06. The molecule has 0 fully saturated rings. The van der Waals surface area contributed by atoms with Crippen molar-refractivity contribution in [1.82, 2.24) is 0 Å². The molecule has 0 aliphatic heterocycles. The van der Waals surface area contributed by atoms with Gasteiger partial charge in [0.05, 0.1) is 10.0 Å². The molecule has 17 heavy (non-hydrogen) atoms. The molecule has 0 atom stereocenters. The summed E-state index contributed by atoms with van der Waals surface area (Å²) < 4.78 is 27.3. The largest absolute Gasteiger partial charge is 0.205 e. The molecule has 0 radical (unpaired) electrons. The topological polar surface area (TPSA) is 0 Å². The molecule has 0 unspecified atom stereocenters. The average molecular weight is 273 g/mol. The van der Waals surface area contributed by atoms with Crippen LogP contribution in [-0.2, 0) is 6.42 Å². The first-order valence-electron chi connectivity index (χ1n) is 4.95. The fraction of sp³-hybridized carbons (Fsp3) is 0.0769. The van der Waals surface area contributed by atoms with Crippen LogP contribution in [0.15, 0.2) is 36.4 Å². The van der Waals surface area contributed by atoms with Gasteiger partial charge in [0, 0.05) is 6.42 Å². The minimum Gasteiger partial charge on any atom is -0.205 e. The molecule has 0 saturated carbocycles. The monoisotopic (exact) mass is 272 g/mol. The molecule has 0 aliphatic carbocycles. The van der Waals surface area contributed by atoms with Gasteiger partial charge in [0.25, 0.3) is 0 Å². The second-order valence-corrected chi connectivity index (χ2v) is 4.42. The number of halogens is 4. The van der Waals surface area contributed by atoms with Crippen LogP contribution >= 0.6 is 23.2 Å². The molecule has 0 N–H and O–H groups in total. The lowest BCUT2D eigenvalue weighted by atomic mass is 10.0. The Balaban J connectivity index is 2.38. The van der Waals surface area contributed by atoms with Crippen molar-refractivity contribution in [3.05, 3.63) is 69.2 Å². The van der Waals surface area contributed by atoms with Gasteiger partial charge in [0.2, 0.25) is 0 Å². The zero-order valence-corrected chi connectivity index (χ0v) is 10.2. The molecule has 0 heterocycles. The predicted molar refractivity (Wildman–Crippen MR) is 65.6 cm³/mol. The Kier molecular flexibility index (Phi) is 3.65. The van der Waals surface area contributed by atoms with Crippen molar-refractivity contribution in [2.45, 2.75) is 6.42 Å². The van der Waals surface area contributed by atoms with E-state index in [9.17, 15) is 8.78 Å². The minimum atomic E-state index is -0.520. The molecule has 2 rings (SSSR count). The van der Waals surface area contributed by atoms with E-state index in [1.165, 1.54) is 12.1 Å². The number of rotatable bonds is 2. The van der Waals surface area contributed by atoms with Crippen molar-refractivity contribution in [2.24, 2.45) is 0 Å². The van der Waals surface area contributed by atoms with E-state index < -0.39 is 11.6 Å². The van der Waals surface area contributed by atoms with Crippen LogP contribution in [0.3, 0.4) is 0 Å². The minimum absolute atomic E-state index is 0.0323.